The van der Waals surface area contributed by atoms with Gasteiger partial charge in [0.05, 0.1) is 13.2 Å². The number of hydrogen-bond donors (Lipinski definition) is 2. The van der Waals surface area contributed by atoms with Crippen LogP contribution in [0, 0.1) is 11.7 Å². The summed E-state index contributed by atoms with van der Waals surface area (Å²) in [6.07, 6.45) is 5.74. The Morgan fingerprint density at radius 1 is 1.24 bits per heavy atom. The number of likely N-dealkylation sites (tertiary alicyclic amines) is 1. The first-order valence-electron chi connectivity index (χ1n) is 9.85. The number of halogens is 1. The van der Waals surface area contributed by atoms with E-state index in [1.54, 1.807) is 17.0 Å². The molecule has 1 aromatic carbocycles. The molecule has 4 rings (SSSR count). The molecule has 0 spiro atoms. The highest BCUT2D eigenvalue weighted by molar-refractivity contribution is 5.87. The molecule has 154 valence electrons. The third-order valence-electron chi connectivity index (χ3n) is 5.66. The number of aromatic nitrogens is 2. The first kappa shape index (κ1) is 19.7. The Morgan fingerprint density at radius 3 is 2.55 bits per heavy atom. The largest absolute Gasteiger partial charge is 0.463 e. The van der Waals surface area contributed by atoms with Gasteiger partial charge in [-0.15, -0.1) is 0 Å². The van der Waals surface area contributed by atoms with E-state index < -0.39 is 11.4 Å². The number of piperidine rings is 1. The van der Waals surface area contributed by atoms with Crippen molar-refractivity contribution in [1.29, 1.82) is 0 Å². The fourth-order valence-electron chi connectivity index (χ4n) is 3.58. The van der Waals surface area contributed by atoms with Gasteiger partial charge in [0.2, 0.25) is 0 Å². The molecular formula is C21H24FN3O4. The summed E-state index contributed by atoms with van der Waals surface area (Å²) in [6, 6.07) is 5.04. The maximum Gasteiger partial charge on any atom is 0.316 e. The first-order chi connectivity index (χ1) is 14.0. The Hall–Kier alpha value is -2.58. The Labute approximate surface area is 168 Å². The molecule has 29 heavy (non-hydrogen) atoms. The van der Waals surface area contributed by atoms with Crippen molar-refractivity contribution < 1.29 is 24.1 Å². The van der Waals surface area contributed by atoms with E-state index in [0.29, 0.717) is 43.7 Å². The van der Waals surface area contributed by atoms with Crippen LogP contribution in [0.3, 0.4) is 0 Å². The highest BCUT2D eigenvalue weighted by atomic mass is 19.1. The molecule has 2 fully saturated rings. The Morgan fingerprint density at radius 2 is 1.93 bits per heavy atom. The second kappa shape index (κ2) is 8.04. The second-order valence-electron chi connectivity index (χ2n) is 7.77. The SMILES string of the molecule is O=C(N1CCC(COc2ncc(-c3cccc(CO)c3F)cn2)CC1)C1(O)CC1. The molecule has 2 aliphatic rings. The number of aliphatic hydroxyl groups excluding tert-OH is 1. The van der Waals surface area contributed by atoms with Gasteiger partial charge in [-0.25, -0.2) is 14.4 Å². The van der Waals surface area contributed by atoms with E-state index in [1.807, 2.05) is 0 Å². The smallest absolute Gasteiger partial charge is 0.316 e. The predicted molar refractivity (Wildman–Crippen MR) is 102 cm³/mol. The van der Waals surface area contributed by atoms with Gasteiger partial charge >= 0.3 is 6.01 Å². The van der Waals surface area contributed by atoms with Gasteiger partial charge in [-0.3, -0.25) is 4.79 Å². The second-order valence-corrected chi connectivity index (χ2v) is 7.77. The highest BCUT2D eigenvalue weighted by Gasteiger charge is 2.50. The predicted octanol–water partition coefficient (Wildman–Crippen LogP) is 1.92. The van der Waals surface area contributed by atoms with Crippen molar-refractivity contribution in [3.63, 3.8) is 0 Å². The molecule has 0 unspecified atom stereocenters. The van der Waals surface area contributed by atoms with Crippen molar-refractivity contribution in [2.75, 3.05) is 19.7 Å². The van der Waals surface area contributed by atoms with Crippen molar-refractivity contribution >= 4 is 5.91 Å². The normalized spacial score (nSPS) is 18.5. The van der Waals surface area contributed by atoms with Gasteiger partial charge in [-0.1, -0.05) is 18.2 Å². The minimum absolute atomic E-state index is 0.145. The number of carbonyl (C=O) groups is 1. The number of hydrogen-bond acceptors (Lipinski definition) is 6. The highest BCUT2D eigenvalue weighted by Crippen LogP contribution is 2.37. The van der Waals surface area contributed by atoms with Crippen molar-refractivity contribution in [3.05, 3.63) is 42.0 Å². The molecule has 1 aromatic heterocycles. The van der Waals surface area contributed by atoms with Crippen LogP contribution in [0.25, 0.3) is 11.1 Å². The summed E-state index contributed by atoms with van der Waals surface area (Å²) >= 11 is 0. The number of ether oxygens (including phenoxy) is 1. The molecule has 1 amide bonds. The lowest BCUT2D eigenvalue weighted by Gasteiger charge is -2.33. The lowest BCUT2D eigenvalue weighted by atomic mass is 9.97. The van der Waals surface area contributed by atoms with Crippen LogP contribution in [0.2, 0.25) is 0 Å². The summed E-state index contributed by atoms with van der Waals surface area (Å²) in [6.45, 7) is 1.32. The number of rotatable bonds is 6. The molecule has 2 aromatic rings. The lowest BCUT2D eigenvalue weighted by Crippen LogP contribution is -2.45. The topological polar surface area (TPSA) is 95.8 Å². The van der Waals surface area contributed by atoms with E-state index in [1.165, 1.54) is 18.5 Å². The molecule has 1 saturated heterocycles. The van der Waals surface area contributed by atoms with Crippen LogP contribution in [-0.4, -0.2) is 56.3 Å². The fraction of sp³-hybridized carbons (Fsp3) is 0.476. The standard InChI is InChI=1S/C21H24FN3O4/c22-18-15(12-26)2-1-3-17(18)16-10-23-20(24-11-16)29-13-14-4-8-25(9-5-14)19(27)21(28)6-7-21/h1-3,10-11,14,26,28H,4-9,12-13H2. The van der Waals surface area contributed by atoms with Crippen molar-refractivity contribution in [3.8, 4) is 17.1 Å². The summed E-state index contributed by atoms with van der Waals surface area (Å²) in [7, 11) is 0. The number of carbonyl (C=O) groups excluding carboxylic acids is 1. The minimum Gasteiger partial charge on any atom is -0.463 e. The van der Waals surface area contributed by atoms with E-state index >= 15 is 0 Å². The molecule has 1 saturated carbocycles. The van der Waals surface area contributed by atoms with Crippen molar-refractivity contribution in [2.24, 2.45) is 5.92 Å². The van der Waals surface area contributed by atoms with Gasteiger partial charge < -0.3 is 19.8 Å². The lowest BCUT2D eigenvalue weighted by molar-refractivity contribution is -0.144. The number of nitrogens with zero attached hydrogens (tertiary/aromatic N) is 3. The zero-order valence-corrected chi connectivity index (χ0v) is 16.1. The van der Waals surface area contributed by atoms with Crippen LogP contribution in [0.1, 0.15) is 31.2 Å². The van der Waals surface area contributed by atoms with Gasteiger partial charge in [-0.2, -0.15) is 0 Å². The molecule has 0 radical (unpaired) electrons. The Balaban J connectivity index is 1.30. The summed E-state index contributed by atoms with van der Waals surface area (Å²) < 4.78 is 20.0. The van der Waals surface area contributed by atoms with Crippen LogP contribution in [0.15, 0.2) is 30.6 Å². The number of benzene rings is 1. The van der Waals surface area contributed by atoms with Crippen LogP contribution in [0.4, 0.5) is 4.39 Å². The molecule has 8 heteroatoms. The van der Waals surface area contributed by atoms with Gasteiger partial charge in [0.25, 0.3) is 5.91 Å². The van der Waals surface area contributed by atoms with E-state index in [4.69, 9.17) is 4.74 Å². The molecule has 2 heterocycles. The summed E-state index contributed by atoms with van der Waals surface area (Å²) in [5, 5.41) is 19.1. The van der Waals surface area contributed by atoms with Gasteiger partial charge in [0.1, 0.15) is 11.4 Å². The van der Waals surface area contributed by atoms with Gasteiger partial charge in [0.15, 0.2) is 0 Å². The van der Waals surface area contributed by atoms with Crippen LogP contribution in [-0.2, 0) is 11.4 Å². The van der Waals surface area contributed by atoms with E-state index in [2.05, 4.69) is 9.97 Å². The Kier molecular flexibility index (Phi) is 5.47. The summed E-state index contributed by atoms with van der Waals surface area (Å²) in [4.78, 5) is 22.2. The Bertz CT molecular complexity index is 878. The van der Waals surface area contributed by atoms with Crippen LogP contribution >= 0.6 is 0 Å². The minimum atomic E-state index is -1.10. The number of aliphatic hydroxyl groups is 2. The molecule has 1 aliphatic heterocycles. The zero-order chi connectivity index (χ0) is 20.4. The van der Waals surface area contributed by atoms with E-state index in [-0.39, 0.29) is 30.0 Å². The molecule has 2 N–H and O–H groups in total. The van der Waals surface area contributed by atoms with Crippen molar-refractivity contribution in [2.45, 2.75) is 37.9 Å². The first-order valence-corrected chi connectivity index (χ1v) is 9.85. The molecule has 0 atom stereocenters. The molecule has 7 nitrogen and oxygen atoms in total. The van der Waals surface area contributed by atoms with Crippen LogP contribution in [0.5, 0.6) is 6.01 Å². The summed E-state index contributed by atoms with van der Waals surface area (Å²) in [5.41, 5.74) is -0.0383. The summed E-state index contributed by atoms with van der Waals surface area (Å²) in [5.74, 6) is -0.340. The number of amides is 1. The average molecular weight is 401 g/mol. The third kappa shape index (κ3) is 4.23. The third-order valence-corrected chi connectivity index (χ3v) is 5.66. The monoisotopic (exact) mass is 401 g/mol. The fourth-order valence-corrected chi connectivity index (χ4v) is 3.58. The molecular weight excluding hydrogens is 377 g/mol. The van der Waals surface area contributed by atoms with E-state index in [9.17, 15) is 19.4 Å². The average Bonchev–Trinajstić information content (AvgIpc) is 3.51. The van der Waals surface area contributed by atoms with Crippen LogP contribution < -0.4 is 4.74 Å². The van der Waals surface area contributed by atoms with Gasteiger partial charge in [-0.05, 0) is 31.6 Å². The van der Waals surface area contributed by atoms with Crippen molar-refractivity contribution in [1.82, 2.24) is 14.9 Å². The maximum absolute atomic E-state index is 14.3. The quantitative estimate of drug-likeness (QED) is 0.768. The zero-order valence-electron chi connectivity index (χ0n) is 16.1. The van der Waals surface area contributed by atoms with E-state index in [0.717, 1.165) is 12.8 Å². The maximum atomic E-state index is 14.3. The molecule has 1 aliphatic carbocycles. The van der Waals surface area contributed by atoms with Gasteiger partial charge in [0, 0.05) is 42.2 Å². The molecule has 0 bridgehead atoms.